The summed E-state index contributed by atoms with van der Waals surface area (Å²) in [4.78, 5) is 37.4. The maximum absolute atomic E-state index is 13.1. The summed E-state index contributed by atoms with van der Waals surface area (Å²) >= 11 is 0. The highest BCUT2D eigenvalue weighted by atomic mass is 32.5. The van der Waals surface area contributed by atoms with Gasteiger partial charge in [0.25, 0.3) is 11.5 Å². The van der Waals surface area contributed by atoms with Crippen molar-refractivity contribution in [3.05, 3.63) is 70.4 Å². The van der Waals surface area contributed by atoms with Gasteiger partial charge in [0.2, 0.25) is 0 Å². The van der Waals surface area contributed by atoms with E-state index in [9.17, 15) is 29.0 Å². The van der Waals surface area contributed by atoms with E-state index in [-0.39, 0.29) is 28.8 Å². The summed E-state index contributed by atoms with van der Waals surface area (Å²) in [6.07, 6.45) is 2.84. The van der Waals surface area contributed by atoms with Gasteiger partial charge in [0.1, 0.15) is 10.6 Å². The number of carbonyl (C=O) groups is 1. The molecule has 0 spiro atoms. The topological polar surface area (TPSA) is 101 Å². The Morgan fingerprint density at radius 2 is 1.64 bits per heavy atom. The first kappa shape index (κ1) is 24.3. The average molecular weight is 489 g/mol. The molecule has 3 rings (SSSR count). The lowest BCUT2D eigenvalue weighted by Crippen LogP contribution is -2.47. The van der Waals surface area contributed by atoms with Crippen molar-refractivity contribution < 1.29 is 24.2 Å². The third-order valence-corrected chi connectivity index (χ3v) is 6.34. The van der Waals surface area contributed by atoms with Crippen molar-refractivity contribution in [1.29, 1.82) is 0 Å². The maximum atomic E-state index is 13.1. The molecule has 1 atom stereocenters. The lowest BCUT2D eigenvalue weighted by Gasteiger charge is -2.41. The first-order valence-corrected chi connectivity index (χ1v) is 11.5. The second kappa shape index (κ2) is 7.33. The van der Waals surface area contributed by atoms with Crippen LogP contribution in [0.25, 0.3) is 11.6 Å². The van der Waals surface area contributed by atoms with Gasteiger partial charge in [-0.05, 0) is 36.6 Å². The van der Waals surface area contributed by atoms with E-state index in [0.29, 0.717) is 12.1 Å². The lowest BCUT2D eigenvalue weighted by atomic mass is 9.81. The summed E-state index contributed by atoms with van der Waals surface area (Å²) < 4.78 is 65.3. The molecule has 0 aliphatic rings. The molecule has 0 aliphatic heterocycles. The summed E-state index contributed by atoms with van der Waals surface area (Å²) in [7, 11) is -9.83. The van der Waals surface area contributed by atoms with Crippen LogP contribution in [0.15, 0.2) is 58.5 Å². The zero-order valence-electron chi connectivity index (χ0n) is 17.7. The molecule has 2 heterocycles. The minimum atomic E-state index is -9.83. The van der Waals surface area contributed by atoms with Crippen molar-refractivity contribution >= 4 is 16.1 Å². The summed E-state index contributed by atoms with van der Waals surface area (Å²) in [5.41, 5.74) is -2.05. The number of rotatable bonds is 6. The molecule has 0 bridgehead atoms. The summed E-state index contributed by atoms with van der Waals surface area (Å²) in [6, 6.07) is 4.86. The molecule has 33 heavy (non-hydrogen) atoms. The molecular formula is C20H20F5N5O2S. The molecule has 0 fully saturated rings. The molecule has 2 N–H and O–H groups in total. The van der Waals surface area contributed by atoms with Gasteiger partial charge in [-0.2, -0.15) is 0 Å². The molecule has 3 aromatic rings. The minimum absolute atomic E-state index is 0.0558. The zero-order chi connectivity index (χ0) is 24.7. The fourth-order valence-electron chi connectivity index (χ4n) is 3.01. The quantitative estimate of drug-likeness (QED) is 0.465. The number of amides is 1. The van der Waals surface area contributed by atoms with Crippen LogP contribution in [0.3, 0.4) is 0 Å². The molecule has 178 valence electrons. The Hall–Kier alpha value is -3.35. The number of aromatic nitrogens is 4. The van der Waals surface area contributed by atoms with Gasteiger partial charge in [-0.1, -0.05) is 45.4 Å². The first-order valence-electron chi connectivity index (χ1n) is 9.55. The third-order valence-electron chi connectivity index (χ3n) is 5.18. The van der Waals surface area contributed by atoms with Gasteiger partial charge in [0.15, 0.2) is 11.6 Å². The Bertz CT molecular complexity index is 1250. The van der Waals surface area contributed by atoms with Gasteiger partial charge >= 0.3 is 10.2 Å². The highest BCUT2D eigenvalue weighted by molar-refractivity contribution is 8.45. The SMILES string of the molecule is CC(C)C(C)(NC(=O)c1cc(=O)[nH]c(-c2ncccn2)n1)c1ccc(S(F)(F)(F)(F)F)cc1. The van der Waals surface area contributed by atoms with Gasteiger partial charge in [-0.15, -0.1) is 0 Å². The molecular weight excluding hydrogens is 469 g/mol. The second-order valence-corrected chi connectivity index (χ2v) is 10.3. The van der Waals surface area contributed by atoms with E-state index in [4.69, 9.17) is 0 Å². The van der Waals surface area contributed by atoms with Crippen molar-refractivity contribution in [2.75, 3.05) is 0 Å². The van der Waals surface area contributed by atoms with Gasteiger partial charge in [0.05, 0.1) is 5.54 Å². The van der Waals surface area contributed by atoms with Crippen LogP contribution in [0, 0.1) is 5.92 Å². The third kappa shape index (κ3) is 5.35. The van der Waals surface area contributed by atoms with Gasteiger partial charge in [0, 0.05) is 18.5 Å². The number of carbonyl (C=O) groups excluding carboxylic acids is 1. The van der Waals surface area contributed by atoms with E-state index < -0.39 is 32.1 Å². The summed E-state index contributed by atoms with van der Waals surface area (Å²) in [5, 5.41) is 2.65. The molecule has 1 aromatic carbocycles. The Morgan fingerprint density at radius 1 is 1.06 bits per heavy atom. The van der Waals surface area contributed by atoms with Crippen LogP contribution in [0.2, 0.25) is 0 Å². The summed E-state index contributed by atoms with van der Waals surface area (Å²) in [5.74, 6) is -1.17. The summed E-state index contributed by atoms with van der Waals surface area (Å²) in [6.45, 7) is 4.90. The van der Waals surface area contributed by atoms with E-state index >= 15 is 0 Å². The number of H-pyrrole nitrogens is 1. The fraction of sp³-hybridized carbons (Fsp3) is 0.250. The number of aromatic amines is 1. The van der Waals surface area contributed by atoms with Gasteiger partial charge in [-0.3, -0.25) is 9.59 Å². The number of nitrogens with zero attached hydrogens (tertiary/aromatic N) is 3. The van der Waals surface area contributed by atoms with Crippen LogP contribution >= 0.6 is 10.2 Å². The number of nitrogens with one attached hydrogen (secondary N) is 2. The molecule has 13 heteroatoms. The van der Waals surface area contributed by atoms with Crippen LogP contribution in [-0.4, -0.2) is 25.8 Å². The number of hydrogen-bond donors (Lipinski definition) is 2. The number of halogens is 5. The zero-order valence-corrected chi connectivity index (χ0v) is 18.5. The average Bonchev–Trinajstić information content (AvgIpc) is 2.72. The normalized spacial score (nSPS) is 15.9. The van der Waals surface area contributed by atoms with E-state index in [1.807, 2.05) is 0 Å². The monoisotopic (exact) mass is 489 g/mol. The predicted molar refractivity (Wildman–Crippen MR) is 113 cm³/mol. The molecule has 0 radical (unpaired) electrons. The van der Waals surface area contributed by atoms with Crippen LogP contribution in [-0.2, 0) is 5.54 Å². The van der Waals surface area contributed by atoms with Crippen LogP contribution in [0.1, 0.15) is 36.8 Å². The molecule has 1 unspecified atom stereocenters. The van der Waals surface area contributed by atoms with E-state index in [1.54, 1.807) is 19.9 Å². The standard InChI is InChI=1S/C20H20F5N5O2S/c1-12(2)20(3,13-5-7-14(8-6-13)33(21,22,23,24)25)30-19(32)15-11-16(31)29-18(28-15)17-26-9-4-10-27-17/h4-12H,1-3H3,(H,30,32)(H,28,29,31). The van der Waals surface area contributed by atoms with Crippen LogP contribution in [0.4, 0.5) is 19.4 Å². The van der Waals surface area contributed by atoms with Gasteiger partial charge in [-0.25, -0.2) is 15.0 Å². The first-order chi connectivity index (χ1) is 15.0. The smallest absolute Gasteiger partial charge is 0.310 e. The molecule has 0 saturated heterocycles. The van der Waals surface area contributed by atoms with Crippen molar-refractivity contribution in [3.8, 4) is 11.6 Å². The van der Waals surface area contributed by atoms with Crippen LogP contribution < -0.4 is 10.9 Å². The Morgan fingerprint density at radius 3 is 2.15 bits per heavy atom. The fourth-order valence-corrected chi connectivity index (χ4v) is 3.66. The van der Waals surface area contributed by atoms with Gasteiger partial charge < -0.3 is 10.3 Å². The minimum Gasteiger partial charge on any atom is -0.341 e. The van der Waals surface area contributed by atoms with Crippen molar-refractivity contribution in [2.24, 2.45) is 5.92 Å². The highest BCUT2D eigenvalue weighted by Gasteiger charge is 2.65. The molecule has 0 saturated carbocycles. The number of hydrogen-bond acceptors (Lipinski definition) is 5. The highest BCUT2D eigenvalue weighted by Crippen LogP contribution is 3.02. The Kier molecular flexibility index (Phi) is 5.40. The second-order valence-electron chi connectivity index (χ2n) is 7.86. The largest absolute Gasteiger partial charge is 0.341 e. The predicted octanol–water partition coefficient (Wildman–Crippen LogP) is 5.19. The van der Waals surface area contributed by atoms with Crippen molar-refractivity contribution in [2.45, 2.75) is 31.2 Å². The molecule has 0 aliphatic carbocycles. The lowest BCUT2D eigenvalue weighted by molar-refractivity contribution is 0.0870. The Labute approximate surface area is 185 Å². The van der Waals surface area contributed by atoms with Crippen LogP contribution in [0.5, 0.6) is 0 Å². The molecule has 2 aromatic heterocycles. The van der Waals surface area contributed by atoms with Crippen molar-refractivity contribution in [1.82, 2.24) is 25.3 Å². The van der Waals surface area contributed by atoms with E-state index in [0.717, 1.165) is 18.2 Å². The van der Waals surface area contributed by atoms with E-state index in [2.05, 4.69) is 25.3 Å². The van der Waals surface area contributed by atoms with E-state index in [1.165, 1.54) is 19.3 Å². The maximum Gasteiger partial charge on any atom is 0.310 e. The molecule has 7 nitrogen and oxygen atoms in total. The molecule has 1 amide bonds. The Balaban J connectivity index is 1.97. The number of benzene rings is 1. The van der Waals surface area contributed by atoms with Crippen molar-refractivity contribution in [3.63, 3.8) is 0 Å².